The zero-order chi connectivity index (χ0) is 14.8. The molecular formula is C12H12BrFN2O2S2. The van der Waals surface area contributed by atoms with Gasteiger partial charge in [-0.3, -0.25) is 4.72 Å². The quantitative estimate of drug-likeness (QED) is 0.839. The van der Waals surface area contributed by atoms with Crippen LogP contribution in [0.4, 0.5) is 10.1 Å². The fraction of sp³-hybridized carbons (Fsp3) is 0.167. The van der Waals surface area contributed by atoms with Gasteiger partial charge >= 0.3 is 0 Å². The lowest BCUT2D eigenvalue weighted by atomic mass is 10.3. The van der Waals surface area contributed by atoms with Crippen LogP contribution >= 0.6 is 27.3 Å². The van der Waals surface area contributed by atoms with E-state index in [9.17, 15) is 12.8 Å². The lowest BCUT2D eigenvalue weighted by Gasteiger charge is -2.07. The van der Waals surface area contributed by atoms with Gasteiger partial charge in [-0.25, -0.2) is 12.8 Å². The topological polar surface area (TPSA) is 72.2 Å². The molecule has 2 rings (SSSR count). The molecule has 0 saturated heterocycles. The molecule has 20 heavy (non-hydrogen) atoms. The predicted molar refractivity (Wildman–Crippen MR) is 82.0 cm³/mol. The molecule has 8 heteroatoms. The Bertz CT molecular complexity index is 716. The minimum atomic E-state index is -3.77. The Balaban J connectivity index is 2.26. The molecule has 108 valence electrons. The highest BCUT2D eigenvalue weighted by Gasteiger charge is 2.18. The number of nitrogens with two attached hydrogens (primary N) is 1. The van der Waals surface area contributed by atoms with Crippen molar-refractivity contribution in [2.45, 2.75) is 10.6 Å². The van der Waals surface area contributed by atoms with Gasteiger partial charge in [0.1, 0.15) is 10.0 Å². The average Bonchev–Trinajstić information content (AvgIpc) is 2.83. The molecule has 0 radical (unpaired) electrons. The minimum Gasteiger partial charge on any atom is -0.330 e. The first-order valence-corrected chi connectivity index (χ1v) is 8.78. The van der Waals surface area contributed by atoms with Gasteiger partial charge in [0.2, 0.25) is 0 Å². The first-order chi connectivity index (χ1) is 9.42. The van der Waals surface area contributed by atoms with Crippen LogP contribution in [0.25, 0.3) is 0 Å². The van der Waals surface area contributed by atoms with Crippen molar-refractivity contribution in [3.63, 3.8) is 0 Å². The Hall–Kier alpha value is -0.960. The standard InChI is InChI=1S/C12H12BrFN2O2S2/c13-8-1-3-11(10(14)7-8)16-20(17,18)12-4-2-9(19-12)5-6-15/h1-4,7,16H,5-6,15H2. The van der Waals surface area contributed by atoms with Gasteiger partial charge in [0, 0.05) is 9.35 Å². The second-order valence-corrected chi connectivity index (χ2v) is 7.98. The largest absolute Gasteiger partial charge is 0.330 e. The Morgan fingerprint density at radius 2 is 2.05 bits per heavy atom. The molecule has 4 nitrogen and oxygen atoms in total. The van der Waals surface area contributed by atoms with Gasteiger partial charge in [0.25, 0.3) is 10.0 Å². The maximum absolute atomic E-state index is 13.7. The number of sulfonamides is 1. The molecule has 0 atom stereocenters. The van der Waals surface area contributed by atoms with E-state index in [0.29, 0.717) is 17.4 Å². The average molecular weight is 379 g/mol. The second-order valence-electron chi connectivity index (χ2n) is 3.99. The van der Waals surface area contributed by atoms with Crippen LogP contribution in [0.5, 0.6) is 0 Å². The van der Waals surface area contributed by atoms with E-state index >= 15 is 0 Å². The molecule has 0 aliphatic rings. The Morgan fingerprint density at radius 1 is 1.30 bits per heavy atom. The van der Waals surface area contributed by atoms with Crippen molar-refractivity contribution in [2.75, 3.05) is 11.3 Å². The number of thiophene rings is 1. The van der Waals surface area contributed by atoms with E-state index in [0.717, 1.165) is 16.2 Å². The molecule has 0 amide bonds. The highest BCUT2D eigenvalue weighted by molar-refractivity contribution is 9.10. The van der Waals surface area contributed by atoms with Crippen molar-refractivity contribution in [3.8, 4) is 0 Å². The van der Waals surface area contributed by atoms with E-state index in [1.54, 1.807) is 12.1 Å². The smallest absolute Gasteiger partial charge is 0.271 e. The number of anilines is 1. The van der Waals surface area contributed by atoms with Gasteiger partial charge in [-0.2, -0.15) is 0 Å². The van der Waals surface area contributed by atoms with Crippen molar-refractivity contribution >= 4 is 43.0 Å². The van der Waals surface area contributed by atoms with Crippen LogP contribution < -0.4 is 10.5 Å². The van der Waals surface area contributed by atoms with Gasteiger partial charge in [0.05, 0.1) is 5.69 Å². The predicted octanol–water partition coefficient (Wildman–Crippen LogP) is 2.95. The van der Waals surface area contributed by atoms with E-state index in [-0.39, 0.29) is 9.90 Å². The minimum absolute atomic E-state index is 0.0815. The molecule has 1 heterocycles. The monoisotopic (exact) mass is 378 g/mol. The normalized spacial score (nSPS) is 11.6. The van der Waals surface area contributed by atoms with Crippen LogP contribution in [0.2, 0.25) is 0 Å². The number of hydrogen-bond acceptors (Lipinski definition) is 4. The number of rotatable bonds is 5. The maximum Gasteiger partial charge on any atom is 0.271 e. The first kappa shape index (κ1) is 15.4. The SMILES string of the molecule is NCCc1ccc(S(=O)(=O)Nc2ccc(Br)cc2F)s1. The van der Waals surface area contributed by atoms with Crippen LogP contribution in [-0.4, -0.2) is 15.0 Å². The molecule has 0 unspecified atom stereocenters. The van der Waals surface area contributed by atoms with E-state index in [1.807, 2.05) is 0 Å². The molecule has 0 saturated carbocycles. The molecule has 1 aromatic carbocycles. The van der Waals surface area contributed by atoms with Crippen molar-refractivity contribution in [1.82, 2.24) is 0 Å². The van der Waals surface area contributed by atoms with Gasteiger partial charge in [-0.15, -0.1) is 11.3 Å². The lowest BCUT2D eigenvalue weighted by molar-refractivity contribution is 0.600. The molecule has 0 bridgehead atoms. The molecule has 2 aromatic rings. The van der Waals surface area contributed by atoms with Crippen molar-refractivity contribution in [3.05, 3.63) is 45.5 Å². The summed E-state index contributed by atoms with van der Waals surface area (Å²) < 4.78 is 40.9. The van der Waals surface area contributed by atoms with Crippen molar-refractivity contribution < 1.29 is 12.8 Å². The summed E-state index contributed by atoms with van der Waals surface area (Å²) in [7, 11) is -3.77. The molecule has 0 fully saturated rings. The Morgan fingerprint density at radius 3 is 2.70 bits per heavy atom. The highest BCUT2D eigenvalue weighted by atomic mass is 79.9. The van der Waals surface area contributed by atoms with Crippen LogP contribution in [0, 0.1) is 5.82 Å². The third-order valence-corrected chi connectivity index (χ3v) is 5.96. The zero-order valence-electron chi connectivity index (χ0n) is 10.3. The lowest BCUT2D eigenvalue weighted by Crippen LogP contribution is -2.12. The zero-order valence-corrected chi connectivity index (χ0v) is 13.5. The fourth-order valence-corrected chi connectivity index (χ4v) is 4.32. The second kappa shape index (κ2) is 6.21. The summed E-state index contributed by atoms with van der Waals surface area (Å²) in [6.07, 6.45) is 0.618. The fourth-order valence-electron chi connectivity index (χ4n) is 1.55. The molecular weight excluding hydrogens is 367 g/mol. The van der Waals surface area contributed by atoms with Gasteiger partial charge in [-0.05, 0) is 43.3 Å². The van der Waals surface area contributed by atoms with Crippen molar-refractivity contribution in [2.24, 2.45) is 5.73 Å². The first-order valence-electron chi connectivity index (χ1n) is 5.69. The molecule has 0 aliphatic carbocycles. The van der Waals surface area contributed by atoms with E-state index < -0.39 is 15.8 Å². The third-order valence-electron chi connectivity index (χ3n) is 2.47. The molecule has 1 aromatic heterocycles. The number of hydrogen-bond donors (Lipinski definition) is 2. The van der Waals surface area contributed by atoms with Gasteiger partial charge in [0.15, 0.2) is 0 Å². The van der Waals surface area contributed by atoms with Crippen LogP contribution in [0.1, 0.15) is 4.88 Å². The molecule has 3 N–H and O–H groups in total. The summed E-state index contributed by atoms with van der Waals surface area (Å²) >= 11 is 4.24. The van der Waals surface area contributed by atoms with Gasteiger partial charge < -0.3 is 5.73 Å². The summed E-state index contributed by atoms with van der Waals surface area (Å²) in [5.41, 5.74) is 5.34. The number of nitrogens with one attached hydrogen (secondary N) is 1. The highest BCUT2D eigenvalue weighted by Crippen LogP contribution is 2.26. The van der Waals surface area contributed by atoms with E-state index in [4.69, 9.17) is 5.73 Å². The summed E-state index contributed by atoms with van der Waals surface area (Å²) in [5.74, 6) is -0.637. The van der Waals surface area contributed by atoms with Crippen LogP contribution in [0.15, 0.2) is 39.0 Å². The Kier molecular flexibility index (Phi) is 4.79. The van der Waals surface area contributed by atoms with E-state index in [2.05, 4.69) is 20.7 Å². The van der Waals surface area contributed by atoms with Crippen LogP contribution in [0.3, 0.4) is 0 Å². The van der Waals surface area contributed by atoms with Gasteiger partial charge in [-0.1, -0.05) is 15.9 Å². The van der Waals surface area contributed by atoms with Crippen molar-refractivity contribution in [1.29, 1.82) is 0 Å². The third kappa shape index (κ3) is 3.57. The summed E-state index contributed by atoms with van der Waals surface area (Å²) in [4.78, 5) is 0.879. The summed E-state index contributed by atoms with van der Waals surface area (Å²) in [6, 6.07) is 7.34. The molecule has 0 spiro atoms. The number of benzene rings is 1. The summed E-state index contributed by atoms with van der Waals surface area (Å²) in [6.45, 7) is 0.453. The summed E-state index contributed by atoms with van der Waals surface area (Å²) in [5, 5.41) is 0. The van der Waals surface area contributed by atoms with Crippen LogP contribution in [-0.2, 0) is 16.4 Å². The maximum atomic E-state index is 13.7. The number of halogens is 2. The molecule has 0 aliphatic heterocycles. The van der Waals surface area contributed by atoms with E-state index in [1.165, 1.54) is 18.2 Å². The Labute approximate surface area is 129 Å².